The lowest BCUT2D eigenvalue weighted by Crippen LogP contribution is -1.97. The van der Waals surface area contributed by atoms with Crippen molar-refractivity contribution in [3.05, 3.63) is 42.0 Å². The Balaban J connectivity index is 1.96. The van der Waals surface area contributed by atoms with E-state index < -0.39 is 11.6 Å². The molecule has 2 aromatic heterocycles. The normalized spacial score (nSPS) is 10.8. The van der Waals surface area contributed by atoms with Crippen LogP contribution in [-0.4, -0.2) is 15.2 Å². The number of nitrogens with zero attached hydrogens (tertiary/aromatic N) is 2. The number of nitrogens with one attached hydrogen (secondary N) is 2. The third-order valence-corrected chi connectivity index (χ3v) is 2.65. The van der Waals surface area contributed by atoms with Crippen LogP contribution in [0.25, 0.3) is 11.0 Å². The summed E-state index contributed by atoms with van der Waals surface area (Å²) in [6.07, 6.45) is 0. The van der Waals surface area contributed by atoms with Crippen LogP contribution >= 0.6 is 0 Å². The Hall–Kier alpha value is -2.70. The number of anilines is 3. The summed E-state index contributed by atoms with van der Waals surface area (Å²) in [5.74, 6) is -0.567. The van der Waals surface area contributed by atoms with Gasteiger partial charge in [-0.05, 0) is 24.3 Å². The van der Waals surface area contributed by atoms with Gasteiger partial charge in [-0.15, -0.1) is 0 Å². The molecule has 0 fully saturated rings. The maximum absolute atomic E-state index is 13.5. The summed E-state index contributed by atoms with van der Waals surface area (Å²) < 4.78 is 26.3. The van der Waals surface area contributed by atoms with Gasteiger partial charge in [-0.25, -0.2) is 13.8 Å². The van der Waals surface area contributed by atoms with Crippen molar-refractivity contribution in [1.29, 1.82) is 0 Å². The smallest absolute Gasteiger partial charge is 0.159 e. The summed E-state index contributed by atoms with van der Waals surface area (Å²) in [4.78, 5) is 4.19. The van der Waals surface area contributed by atoms with Crippen LogP contribution in [-0.2, 0) is 0 Å². The van der Waals surface area contributed by atoms with Crippen LogP contribution in [0.15, 0.2) is 30.3 Å². The van der Waals surface area contributed by atoms with E-state index in [0.29, 0.717) is 22.7 Å². The molecule has 2 heterocycles. The summed E-state index contributed by atoms with van der Waals surface area (Å²) in [6, 6.07) is 6.62. The van der Waals surface area contributed by atoms with E-state index in [1.54, 1.807) is 12.1 Å². The van der Waals surface area contributed by atoms with Gasteiger partial charge in [0.15, 0.2) is 11.5 Å². The van der Waals surface area contributed by atoms with Gasteiger partial charge in [0.25, 0.3) is 0 Å². The molecule has 0 spiro atoms. The van der Waals surface area contributed by atoms with E-state index in [2.05, 4.69) is 20.5 Å². The molecule has 5 nitrogen and oxygen atoms in total. The number of rotatable bonds is 2. The number of pyridine rings is 1. The van der Waals surface area contributed by atoms with E-state index in [9.17, 15) is 8.78 Å². The molecule has 0 aliphatic carbocycles. The van der Waals surface area contributed by atoms with Crippen LogP contribution in [0, 0.1) is 11.6 Å². The van der Waals surface area contributed by atoms with Crippen molar-refractivity contribution in [2.24, 2.45) is 0 Å². The molecular formula is C12H9F2N5. The fraction of sp³-hybridized carbons (Fsp3) is 0. The molecule has 0 unspecified atom stereocenters. The molecule has 0 atom stereocenters. The number of fused-ring (bicyclic) bond motifs is 1. The molecule has 0 radical (unpaired) electrons. The topological polar surface area (TPSA) is 79.6 Å². The summed E-state index contributed by atoms with van der Waals surface area (Å²) in [6.45, 7) is 0. The van der Waals surface area contributed by atoms with Gasteiger partial charge >= 0.3 is 0 Å². The number of hydrogen-bond acceptors (Lipinski definition) is 4. The zero-order valence-corrected chi connectivity index (χ0v) is 9.61. The van der Waals surface area contributed by atoms with Crippen LogP contribution in [0.1, 0.15) is 0 Å². The van der Waals surface area contributed by atoms with Crippen LogP contribution in [0.2, 0.25) is 0 Å². The lowest BCUT2D eigenvalue weighted by Gasteiger charge is -2.06. The van der Waals surface area contributed by atoms with Crippen molar-refractivity contribution >= 4 is 28.4 Å². The largest absolute Gasteiger partial charge is 0.382 e. The maximum atomic E-state index is 13.5. The number of hydrogen-bond donors (Lipinski definition) is 3. The van der Waals surface area contributed by atoms with E-state index in [-0.39, 0.29) is 5.69 Å². The number of halogens is 2. The minimum atomic E-state index is -0.689. The molecule has 0 amide bonds. The second-order valence-electron chi connectivity index (χ2n) is 3.95. The zero-order chi connectivity index (χ0) is 13.4. The fourth-order valence-electron chi connectivity index (χ4n) is 1.72. The first kappa shape index (κ1) is 11.4. The Morgan fingerprint density at radius 3 is 2.79 bits per heavy atom. The predicted octanol–water partition coefficient (Wildman–Crippen LogP) is 2.56. The van der Waals surface area contributed by atoms with Crippen LogP contribution in [0.3, 0.4) is 0 Å². The Labute approximate surface area is 106 Å². The molecule has 4 N–H and O–H groups in total. The SMILES string of the molecule is Nc1n[nH]c2nc(Nc3ccc(F)cc3F)ccc12. The van der Waals surface area contributed by atoms with Gasteiger partial charge in [0.05, 0.1) is 11.1 Å². The molecule has 0 bridgehead atoms. The van der Waals surface area contributed by atoms with Gasteiger partial charge in [0.2, 0.25) is 0 Å². The second-order valence-corrected chi connectivity index (χ2v) is 3.95. The van der Waals surface area contributed by atoms with Gasteiger partial charge in [0.1, 0.15) is 17.5 Å². The molecule has 3 aromatic rings. The average Bonchev–Trinajstić information content (AvgIpc) is 2.74. The first-order valence-electron chi connectivity index (χ1n) is 5.46. The van der Waals surface area contributed by atoms with E-state index >= 15 is 0 Å². The summed E-state index contributed by atoms with van der Waals surface area (Å²) >= 11 is 0. The number of aromatic amines is 1. The summed E-state index contributed by atoms with van der Waals surface area (Å²) in [5, 5.41) is 9.91. The molecule has 0 saturated heterocycles. The van der Waals surface area contributed by atoms with E-state index in [1.807, 2.05) is 0 Å². The zero-order valence-electron chi connectivity index (χ0n) is 9.61. The van der Waals surface area contributed by atoms with Crippen molar-refractivity contribution in [3.63, 3.8) is 0 Å². The molecule has 96 valence electrons. The predicted molar refractivity (Wildman–Crippen MR) is 67.9 cm³/mol. The Bertz CT molecular complexity index is 753. The third-order valence-electron chi connectivity index (χ3n) is 2.65. The first-order valence-corrected chi connectivity index (χ1v) is 5.46. The molecular weight excluding hydrogens is 252 g/mol. The highest BCUT2D eigenvalue weighted by atomic mass is 19.1. The lowest BCUT2D eigenvalue weighted by molar-refractivity contribution is 0.586. The van der Waals surface area contributed by atoms with Gasteiger partial charge < -0.3 is 11.1 Å². The molecule has 0 saturated carbocycles. The monoisotopic (exact) mass is 261 g/mol. The van der Waals surface area contributed by atoms with E-state index in [1.165, 1.54) is 6.07 Å². The highest BCUT2D eigenvalue weighted by molar-refractivity contribution is 5.87. The van der Waals surface area contributed by atoms with Gasteiger partial charge in [-0.2, -0.15) is 5.10 Å². The minimum absolute atomic E-state index is 0.140. The number of H-pyrrole nitrogens is 1. The van der Waals surface area contributed by atoms with Crippen molar-refractivity contribution < 1.29 is 8.78 Å². The van der Waals surface area contributed by atoms with Crippen LogP contribution in [0.4, 0.5) is 26.1 Å². The van der Waals surface area contributed by atoms with E-state index in [4.69, 9.17) is 5.73 Å². The number of nitrogens with two attached hydrogens (primary N) is 1. The Morgan fingerprint density at radius 2 is 2.00 bits per heavy atom. The average molecular weight is 261 g/mol. The highest BCUT2D eigenvalue weighted by Gasteiger charge is 2.07. The van der Waals surface area contributed by atoms with E-state index in [0.717, 1.165) is 12.1 Å². The first-order chi connectivity index (χ1) is 9.13. The van der Waals surface area contributed by atoms with Crippen molar-refractivity contribution in [1.82, 2.24) is 15.2 Å². The van der Waals surface area contributed by atoms with Crippen LogP contribution < -0.4 is 11.1 Å². The molecule has 3 rings (SSSR count). The summed E-state index contributed by atoms with van der Waals surface area (Å²) in [5.41, 5.74) is 6.25. The lowest BCUT2D eigenvalue weighted by atomic mass is 10.3. The second kappa shape index (κ2) is 4.20. The highest BCUT2D eigenvalue weighted by Crippen LogP contribution is 2.22. The number of benzene rings is 1. The van der Waals surface area contributed by atoms with Gasteiger partial charge in [0, 0.05) is 6.07 Å². The fourth-order valence-corrected chi connectivity index (χ4v) is 1.72. The van der Waals surface area contributed by atoms with Crippen LogP contribution in [0.5, 0.6) is 0 Å². The van der Waals surface area contributed by atoms with Crippen molar-refractivity contribution in [2.45, 2.75) is 0 Å². The molecule has 19 heavy (non-hydrogen) atoms. The van der Waals surface area contributed by atoms with Crippen molar-refractivity contribution in [3.8, 4) is 0 Å². The standard InChI is InChI=1S/C12H9F2N5/c13-6-1-3-9(8(14)5-6)16-10-4-2-7-11(15)18-19-12(7)17-10/h1-5H,(H4,15,16,17,18,19). The van der Waals surface area contributed by atoms with Crippen molar-refractivity contribution in [2.75, 3.05) is 11.1 Å². The third kappa shape index (κ3) is 2.05. The number of aromatic nitrogens is 3. The number of nitrogen functional groups attached to an aromatic ring is 1. The molecule has 1 aromatic carbocycles. The van der Waals surface area contributed by atoms with Gasteiger partial charge in [-0.3, -0.25) is 5.10 Å². The molecule has 0 aliphatic rings. The molecule has 7 heteroatoms. The Morgan fingerprint density at radius 1 is 1.16 bits per heavy atom. The quantitative estimate of drug-likeness (QED) is 0.662. The Kier molecular flexibility index (Phi) is 2.52. The minimum Gasteiger partial charge on any atom is -0.382 e. The molecule has 0 aliphatic heterocycles. The maximum Gasteiger partial charge on any atom is 0.159 e. The summed E-state index contributed by atoms with van der Waals surface area (Å²) in [7, 11) is 0. The van der Waals surface area contributed by atoms with Gasteiger partial charge in [-0.1, -0.05) is 0 Å².